The largest absolute Gasteiger partial charge is 0.493 e. The monoisotopic (exact) mass is 632 g/mol. The average Bonchev–Trinajstić information content (AvgIpc) is 2.82. The molecular weight excluding hydrogens is 615 g/mol. The Morgan fingerprint density at radius 1 is 1.18 bits per heavy atom. The first-order valence-electron chi connectivity index (χ1n) is 9.82. The average molecular weight is 633 g/mol. The summed E-state index contributed by atoms with van der Waals surface area (Å²) in [7, 11) is 1.50. The van der Waals surface area contributed by atoms with Gasteiger partial charge in [-0.3, -0.25) is 4.79 Å². The van der Waals surface area contributed by atoms with Crippen molar-refractivity contribution < 1.29 is 24.2 Å². The molecule has 2 N–H and O–H groups in total. The smallest absolute Gasteiger partial charge is 0.335 e. The number of hydrogen-bond acceptors (Lipinski definition) is 5. The number of nitrogens with one attached hydrogen (secondary N) is 1. The van der Waals surface area contributed by atoms with Crippen molar-refractivity contribution in [3.63, 3.8) is 0 Å². The van der Waals surface area contributed by atoms with Crippen LogP contribution >= 0.6 is 38.5 Å². The molecule has 0 aliphatic rings. The van der Waals surface area contributed by atoms with Crippen LogP contribution in [0, 0.1) is 14.9 Å². The van der Waals surface area contributed by atoms with Crippen LogP contribution in [0.1, 0.15) is 21.5 Å². The van der Waals surface area contributed by atoms with Crippen LogP contribution in [-0.4, -0.2) is 24.1 Å². The fourth-order valence-electron chi connectivity index (χ4n) is 2.94. The van der Waals surface area contributed by atoms with E-state index in [0.717, 1.165) is 9.13 Å². The summed E-state index contributed by atoms with van der Waals surface area (Å²) in [5, 5.41) is 21.2. The number of anilines is 1. The van der Waals surface area contributed by atoms with Gasteiger partial charge in [-0.2, -0.15) is 5.26 Å². The predicted octanol–water partition coefficient (Wildman–Crippen LogP) is 5.89. The first kappa shape index (κ1) is 25.3. The third kappa shape index (κ3) is 6.59. The predicted molar refractivity (Wildman–Crippen MR) is 140 cm³/mol. The van der Waals surface area contributed by atoms with E-state index in [1.54, 1.807) is 18.2 Å². The number of benzene rings is 3. The minimum Gasteiger partial charge on any atom is -0.493 e. The molecule has 172 valence electrons. The molecule has 0 heterocycles. The number of methoxy groups -OCH3 is 1. The lowest BCUT2D eigenvalue weighted by Crippen LogP contribution is -2.14. The number of carbonyl (C=O) groups excluding carboxylic acids is 1. The Balaban J connectivity index is 1.81. The van der Waals surface area contributed by atoms with E-state index in [4.69, 9.17) is 14.6 Å². The first-order valence-corrected chi connectivity index (χ1v) is 11.7. The number of halogens is 2. The summed E-state index contributed by atoms with van der Waals surface area (Å²) in [6.45, 7) is 0.336. The van der Waals surface area contributed by atoms with Crippen molar-refractivity contribution >= 4 is 62.2 Å². The Morgan fingerprint density at radius 2 is 1.91 bits per heavy atom. The fourth-order valence-corrected chi connectivity index (χ4v) is 3.88. The number of amides is 1. The van der Waals surface area contributed by atoms with Crippen LogP contribution in [0.4, 0.5) is 5.69 Å². The highest BCUT2D eigenvalue weighted by Crippen LogP contribution is 2.38. The SMILES string of the molecule is COc1cc(/C=C(/C#N)C(=O)Nc2cccc(C(=O)O)c2)cc(Br)c1OCc1ccc(I)cc1. The summed E-state index contributed by atoms with van der Waals surface area (Å²) in [6.07, 6.45) is 1.41. The van der Waals surface area contributed by atoms with Gasteiger partial charge in [0.05, 0.1) is 17.1 Å². The van der Waals surface area contributed by atoms with Crippen molar-refractivity contribution in [1.82, 2.24) is 0 Å². The van der Waals surface area contributed by atoms with Gasteiger partial charge in [0.15, 0.2) is 11.5 Å². The van der Waals surface area contributed by atoms with Crippen LogP contribution in [0.3, 0.4) is 0 Å². The fraction of sp³-hybridized carbons (Fsp3) is 0.0800. The molecule has 0 spiro atoms. The topological polar surface area (TPSA) is 109 Å². The maximum Gasteiger partial charge on any atom is 0.335 e. The van der Waals surface area contributed by atoms with Gasteiger partial charge in [0.2, 0.25) is 0 Å². The molecule has 3 aromatic rings. The third-order valence-corrected chi connectivity index (χ3v) is 5.90. The second kappa shape index (κ2) is 11.7. The zero-order chi connectivity index (χ0) is 24.7. The molecule has 0 aliphatic carbocycles. The van der Waals surface area contributed by atoms with Crippen LogP contribution in [0.25, 0.3) is 6.08 Å². The molecule has 0 radical (unpaired) electrons. The zero-order valence-corrected chi connectivity index (χ0v) is 21.6. The summed E-state index contributed by atoms with van der Waals surface area (Å²) < 4.78 is 13.1. The van der Waals surface area contributed by atoms with Gasteiger partial charge in [0.25, 0.3) is 5.91 Å². The molecular formula is C25H18BrIN2O5. The summed E-state index contributed by atoms with van der Waals surface area (Å²) in [5.41, 5.74) is 1.66. The van der Waals surface area contributed by atoms with E-state index in [9.17, 15) is 14.9 Å². The van der Waals surface area contributed by atoms with E-state index in [1.165, 1.54) is 31.4 Å². The molecule has 3 aromatic carbocycles. The van der Waals surface area contributed by atoms with Crippen LogP contribution < -0.4 is 14.8 Å². The number of carboxylic acids is 1. The minimum absolute atomic E-state index is 0.0229. The number of ether oxygens (including phenoxy) is 2. The zero-order valence-electron chi connectivity index (χ0n) is 17.8. The summed E-state index contributed by atoms with van der Waals surface area (Å²) in [6, 6.07) is 18.9. The minimum atomic E-state index is -1.12. The molecule has 0 aliphatic heterocycles. The van der Waals surface area contributed by atoms with Crippen molar-refractivity contribution in [2.45, 2.75) is 6.61 Å². The molecule has 9 heteroatoms. The quantitative estimate of drug-likeness (QED) is 0.182. The molecule has 0 fully saturated rings. The van der Waals surface area contributed by atoms with Crippen molar-refractivity contribution in [2.75, 3.05) is 12.4 Å². The van der Waals surface area contributed by atoms with Gasteiger partial charge in [-0.1, -0.05) is 18.2 Å². The Bertz CT molecular complexity index is 1300. The summed E-state index contributed by atoms with van der Waals surface area (Å²) >= 11 is 5.71. The van der Waals surface area contributed by atoms with Crippen LogP contribution in [0.2, 0.25) is 0 Å². The third-order valence-electron chi connectivity index (χ3n) is 4.59. The normalized spacial score (nSPS) is 10.8. The van der Waals surface area contributed by atoms with E-state index in [0.29, 0.717) is 28.1 Å². The second-order valence-corrected chi connectivity index (χ2v) is 9.06. The molecule has 0 saturated heterocycles. The van der Waals surface area contributed by atoms with Crippen LogP contribution in [0.5, 0.6) is 11.5 Å². The van der Waals surface area contributed by atoms with Gasteiger partial charge in [-0.05, 0) is 98.2 Å². The Labute approximate surface area is 218 Å². The first-order chi connectivity index (χ1) is 16.3. The standard InChI is InChI=1S/C25H18BrIN2O5/c1-33-22-11-16(10-21(26)23(22)34-14-15-5-7-19(27)8-6-15)9-18(13-28)24(30)29-20-4-2-3-17(12-20)25(31)32/h2-12H,14H2,1H3,(H,29,30)(H,31,32)/b18-9-. The molecule has 0 aromatic heterocycles. The van der Waals surface area contributed by atoms with Crippen molar-refractivity contribution in [3.05, 3.63) is 91.0 Å². The number of aromatic carboxylic acids is 1. The van der Waals surface area contributed by atoms with E-state index in [-0.39, 0.29) is 16.8 Å². The molecule has 7 nitrogen and oxygen atoms in total. The molecule has 3 rings (SSSR count). The van der Waals surface area contributed by atoms with Crippen LogP contribution in [-0.2, 0) is 11.4 Å². The van der Waals surface area contributed by atoms with Crippen molar-refractivity contribution in [2.24, 2.45) is 0 Å². The number of rotatable bonds is 8. The molecule has 0 unspecified atom stereocenters. The van der Waals surface area contributed by atoms with Gasteiger partial charge < -0.3 is 19.9 Å². The van der Waals surface area contributed by atoms with E-state index < -0.39 is 11.9 Å². The molecule has 0 bridgehead atoms. The van der Waals surface area contributed by atoms with E-state index in [1.807, 2.05) is 30.3 Å². The highest BCUT2D eigenvalue weighted by Gasteiger charge is 2.15. The van der Waals surface area contributed by atoms with Crippen molar-refractivity contribution in [1.29, 1.82) is 5.26 Å². The number of nitrogens with zero attached hydrogens (tertiary/aromatic N) is 1. The van der Waals surface area contributed by atoms with Gasteiger partial charge in [0.1, 0.15) is 18.2 Å². The Hall–Kier alpha value is -3.36. The second-order valence-electron chi connectivity index (χ2n) is 6.96. The maximum atomic E-state index is 12.6. The highest BCUT2D eigenvalue weighted by atomic mass is 127. The number of carbonyl (C=O) groups is 2. The number of nitriles is 1. The molecule has 1 amide bonds. The van der Waals surface area contributed by atoms with Gasteiger partial charge in [-0.25, -0.2) is 4.79 Å². The Kier molecular flexibility index (Phi) is 8.67. The number of carboxylic acid groups (broad SMARTS) is 1. The lowest BCUT2D eigenvalue weighted by molar-refractivity contribution is -0.112. The van der Waals surface area contributed by atoms with Gasteiger partial charge >= 0.3 is 5.97 Å². The highest BCUT2D eigenvalue weighted by molar-refractivity contribution is 14.1. The van der Waals surface area contributed by atoms with Crippen molar-refractivity contribution in [3.8, 4) is 17.6 Å². The summed E-state index contributed by atoms with van der Waals surface area (Å²) in [5.74, 6) is -0.864. The molecule has 34 heavy (non-hydrogen) atoms. The lowest BCUT2D eigenvalue weighted by Gasteiger charge is -2.14. The Morgan fingerprint density at radius 3 is 2.56 bits per heavy atom. The van der Waals surface area contributed by atoms with E-state index in [2.05, 4.69) is 43.8 Å². The maximum absolute atomic E-state index is 12.6. The lowest BCUT2D eigenvalue weighted by atomic mass is 10.1. The van der Waals surface area contributed by atoms with Gasteiger partial charge in [-0.15, -0.1) is 0 Å². The summed E-state index contributed by atoms with van der Waals surface area (Å²) in [4.78, 5) is 23.7. The van der Waals surface area contributed by atoms with Gasteiger partial charge in [0, 0.05) is 9.26 Å². The van der Waals surface area contributed by atoms with Crippen LogP contribution in [0.15, 0.2) is 70.7 Å². The molecule has 0 saturated carbocycles. The molecule has 0 atom stereocenters. The number of hydrogen-bond donors (Lipinski definition) is 2. The van der Waals surface area contributed by atoms with E-state index >= 15 is 0 Å².